The lowest BCUT2D eigenvalue weighted by atomic mass is 9.94. The largest absolute Gasteiger partial charge is 0.372 e. The molecule has 0 aromatic heterocycles. The van der Waals surface area contributed by atoms with Gasteiger partial charge in [0, 0.05) is 20.7 Å². The molecule has 4 nitrogen and oxygen atoms in total. The molecule has 1 aliphatic heterocycles. The van der Waals surface area contributed by atoms with E-state index in [1.165, 1.54) is 12.8 Å². The van der Waals surface area contributed by atoms with Crippen LogP contribution in [-0.4, -0.2) is 50.7 Å². The first-order valence-corrected chi connectivity index (χ1v) is 6.13. The van der Waals surface area contributed by atoms with Gasteiger partial charge in [0.25, 0.3) is 5.91 Å². The molecule has 16 heavy (non-hydrogen) atoms. The van der Waals surface area contributed by atoms with Crippen LogP contribution in [0.2, 0.25) is 0 Å². The van der Waals surface area contributed by atoms with Crippen LogP contribution in [0.5, 0.6) is 0 Å². The van der Waals surface area contributed by atoms with E-state index in [1.807, 2.05) is 7.05 Å². The van der Waals surface area contributed by atoms with Crippen molar-refractivity contribution in [3.63, 3.8) is 0 Å². The Bertz CT molecular complexity index is 215. The van der Waals surface area contributed by atoms with Gasteiger partial charge < -0.3 is 15.0 Å². The summed E-state index contributed by atoms with van der Waals surface area (Å²) >= 11 is 0. The second-order valence-electron chi connectivity index (χ2n) is 4.62. The minimum Gasteiger partial charge on any atom is -0.372 e. The Morgan fingerprint density at radius 1 is 1.50 bits per heavy atom. The minimum atomic E-state index is -0.321. The molecule has 1 unspecified atom stereocenters. The average Bonchev–Trinajstić information content (AvgIpc) is 2.35. The van der Waals surface area contributed by atoms with Crippen LogP contribution in [0.1, 0.15) is 26.2 Å². The Morgan fingerprint density at radius 3 is 2.69 bits per heavy atom. The molecule has 1 saturated heterocycles. The number of carbonyl (C=O) groups is 1. The number of amides is 1. The van der Waals surface area contributed by atoms with Crippen LogP contribution in [0.4, 0.5) is 0 Å². The maximum absolute atomic E-state index is 11.7. The second-order valence-corrected chi connectivity index (χ2v) is 4.62. The topological polar surface area (TPSA) is 41.6 Å². The molecule has 1 heterocycles. The van der Waals surface area contributed by atoms with Crippen molar-refractivity contribution < 1.29 is 9.53 Å². The van der Waals surface area contributed by atoms with Crippen molar-refractivity contribution in [1.82, 2.24) is 10.2 Å². The second kappa shape index (κ2) is 6.86. The summed E-state index contributed by atoms with van der Waals surface area (Å²) in [6.45, 7) is 4.88. The molecule has 1 fully saturated rings. The molecule has 94 valence electrons. The Balaban J connectivity index is 2.22. The monoisotopic (exact) mass is 228 g/mol. The molecule has 0 aliphatic carbocycles. The van der Waals surface area contributed by atoms with E-state index in [2.05, 4.69) is 5.32 Å². The minimum absolute atomic E-state index is 0.0800. The Labute approximate surface area is 98.3 Å². The van der Waals surface area contributed by atoms with Gasteiger partial charge in [-0.25, -0.2) is 0 Å². The Morgan fingerprint density at radius 2 is 2.12 bits per heavy atom. The van der Waals surface area contributed by atoms with E-state index in [9.17, 15) is 4.79 Å². The molecule has 0 radical (unpaired) electrons. The van der Waals surface area contributed by atoms with Gasteiger partial charge in [0.1, 0.15) is 6.10 Å². The van der Waals surface area contributed by atoms with Gasteiger partial charge >= 0.3 is 0 Å². The lowest BCUT2D eigenvalue weighted by Crippen LogP contribution is -2.37. The summed E-state index contributed by atoms with van der Waals surface area (Å²) in [7, 11) is 3.43. The fraction of sp³-hybridized carbons (Fsp3) is 0.917. The molecular weight excluding hydrogens is 204 g/mol. The van der Waals surface area contributed by atoms with Crippen LogP contribution < -0.4 is 5.32 Å². The van der Waals surface area contributed by atoms with Crippen LogP contribution in [0.25, 0.3) is 0 Å². The van der Waals surface area contributed by atoms with Crippen LogP contribution in [0, 0.1) is 5.92 Å². The van der Waals surface area contributed by atoms with E-state index in [4.69, 9.17) is 4.74 Å². The number of hydrogen-bond donors (Lipinski definition) is 1. The van der Waals surface area contributed by atoms with Crippen LogP contribution in [0.15, 0.2) is 0 Å². The molecule has 1 N–H and O–H groups in total. The fourth-order valence-corrected chi connectivity index (χ4v) is 2.07. The molecule has 1 amide bonds. The van der Waals surface area contributed by atoms with Crippen LogP contribution >= 0.6 is 0 Å². The standard InChI is InChI=1S/C12H24N2O2/c1-10(16-3)12(15)14(2)9-6-11-4-7-13-8-5-11/h10-11,13H,4-9H2,1-3H3. The number of piperidine rings is 1. The molecule has 0 saturated carbocycles. The lowest BCUT2D eigenvalue weighted by Gasteiger charge is -2.26. The first-order valence-electron chi connectivity index (χ1n) is 6.13. The number of nitrogens with one attached hydrogen (secondary N) is 1. The molecule has 0 aromatic rings. The van der Waals surface area contributed by atoms with E-state index in [0.717, 1.165) is 32.0 Å². The molecule has 4 heteroatoms. The lowest BCUT2D eigenvalue weighted by molar-refractivity contribution is -0.139. The summed E-state index contributed by atoms with van der Waals surface area (Å²) in [5.74, 6) is 0.853. The number of carbonyl (C=O) groups excluding carboxylic acids is 1. The highest BCUT2D eigenvalue weighted by molar-refractivity contribution is 5.80. The molecule has 1 rings (SSSR count). The normalized spacial score (nSPS) is 19.4. The predicted octanol–water partition coefficient (Wildman–Crippen LogP) is 0.869. The zero-order valence-electron chi connectivity index (χ0n) is 10.7. The summed E-state index contributed by atoms with van der Waals surface area (Å²) in [6.07, 6.45) is 3.27. The third kappa shape index (κ3) is 4.10. The first-order chi connectivity index (χ1) is 7.65. The van der Waals surface area contributed by atoms with E-state index in [0.29, 0.717) is 0 Å². The fourth-order valence-electron chi connectivity index (χ4n) is 2.07. The van der Waals surface area contributed by atoms with Crippen molar-refractivity contribution in [3.8, 4) is 0 Å². The van der Waals surface area contributed by atoms with Crippen molar-refractivity contribution in [2.24, 2.45) is 5.92 Å². The Hall–Kier alpha value is -0.610. The number of rotatable bonds is 5. The zero-order valence-corrected chi connectivity index (χ0v) is 10.7. The summed E-state index contributed by atoms with van der Waals surface area (Å²) in [5.41, 5.74) is 0. The van der Waals surface area contributed by atoms with E-state index < -0.39 is 0 Å². The number of methoxy groups -OCH3 is 1. The highest BCUT2D eigenvalue weighted by Gasteiger charge is 2.18. The Kier molecular flexibility index (Phi) is 5.77. The van der Waals surface area contributed by atoms with Gasteiger partial charge in [-0.1, -0.05) is 0 Å². The van der Waals surface area contributed by atoms with E-state index in [-0.39, 0.29) is 12.0 Å². The van der Waals surface area contributed by atoms with Crippen molar-refractivity contribution >= 4 is 5.91 Å². The van der Waals surface area contributed by atoms with E-state index >= 15 is 0 Å². The smallest absolute Gasteiger partial charge is 0.251 e. The van der Waals surface area contributed by atoms with Gasteiger partial charge in [0.15, 0.2) is 0 Å². The third-order valence-corrected chi connectivity index (χ3v) is 3.41. The first kappa shape index (κ1) is 13.5. The summed E-state index contributed by atoms with van der Waals surface area (Å²) in [5, 5.41) is 3.35. The maximum atomic E-state index is 11.7. The van der Waals surface area contributed by atoms with E-state index in [1.54, 1.807) is 18.9 Å². The number of nitrogens with zero attached hydrogens (tertiary/aromatic N) is 1. The van der Waals surface area contributed by atoms with Gasteiger partial charge in [-0.15, -0.1) is 0 Å². The van der Waals surface area contributed by atoms with Crippen molar-refractivity contribution in [3.05, 3.63) is 0 Å². The maximum Gasteiger partial charge on any atom is 0.251 e. The molecule has 0 bridgehead atoms. The van der Waals surface area contributed by atoms with Gasteiger partial charge in [0.05, 0.1) is 0 Å². The highest BCUT2D eigenvalue weighted by Crippen LogP contribution is 2.16. The van der Waals surface area contributed by atoms with Gasteiger partial charge in [-0.3, -0.25) is 4.79 Å². The third-order valence-electron chi connectivity index (χ3n) is 3.41. The zero-order chi connectivity index (χ0) is 12.0. The van der Waals surface area contributed by atoms with Gasteiger partial charge in [-0.05, 0) is 45.2 Å². The average molecular weight is 228 g/mol. The number of likely N-dealkylation sites (N-methyl/N-ethyl adjacent to an activating group) is 1. The molecular formula is C12H24N2O2. The SMILES string of the molecule is COC(C)C(=O)N(C)CCC1CCNCC1. The van der Waals surface area contributed by atoms with Gasteiger partial charge in [-0.2, -0.15) is 0 Å². The van der Waals surface area contributed by atoms with Gasteiger partial charge in [0.2, 0.25) is 0 Å². The summed E-state index contributed by atoms with van der Waals surface area (Å²) in [6, 6.07) is 0. The number of hydrogen-bond acceptors (Lipinski definition) is 3. The molecule has 0 aromatic carbocycles. The predicted molar refractivity (Wildman–Crippen MR) is 64.3 cm³/mol. The van der Waals surface area contributed by atoms with Crippen molar-refractivity contribution in [1.29, 1.82) is 0 Å². The van der Waals surface area contributed by atoms with Crippen LogP contribution in [0.3, 0.4) is 0 Å². The van der Waals surface area contributed by atoms with Crippen LogP contribution in [-0.2, 0) is 9.53 Å². The van der Waals surface area contributed by atoms with Crippen molar-refractivity contribution in [2.75, 3.05) is 33.8 Å². The summed E-state index contributed by atoms with van der Waals surface area (Å²) < 4.78 is 5.02. The number of ether oxygens (including phenoxy) is 1. The quantitative estimate of drug-likeness (QED) is 0.759. The summed E-state index contributed by atoms with van der Waals surface area (Å²) in [4.78, 5) is 13.5. The molecule has 0 spiro atoms. The highest BCUT2D eigenvalue weighted by atomic mass is 16.5. The molecule has 1 aliphatic rings. The molecule has 1 atom stereocenters. The van der Waals surface area contributed by atoms with Crippen molar-refractivity contribution in [2.45, 2.75) is 32.3 Å².